The van der Waals surface area contributed by atoms with Crippen LogP contribution < -0.4 is 11.1 Å². The number of hydrogen-bond donors (Lipinski definition) is 2. The third-order valence-corrected chi connectivity index (χ3v) is 4.09. The maximum Gasteiger partial charge on any atom is 0.411 e. The number of anilines is 1. The first-order valence-corrected chi connectivity index (χ1v) is 7.43. The first kappa shape index (κ1) is 15.1. The summed E-state index contributed by atoms with van der Waals surface area (Å²) in [6.07, 6.45) is 4.41. The minimum Gasteiger partial charge on any atom is -0.444 e. The summed E-state index contributed by atoms with van der Waals surface area (Å²) in [5.41, 5.74) is 7.64. The fourth-order valence-corrected chi connectivity index (χ4v) is 2.58. The van der Waals surface area contributed by atoms with Gasteiger partial charge in [0.1, 0.15) is 6.10 Å². The van der Waals surface area contributed by atoms with E-state index in [1.807, 2.05) is 13.0 Å². The molecule has 1 aromatic carbocycles. The zero-order valence-corrected chi connectivity index (χ0v) is 12.5. The smallest absolute Gasteiger partial charge is 0.411 e. The second kappa shape index (κ2) is 6.95. The molecule has 110 valence electrons. The maximum absolute atomic E-state index is 11.9. The molecule has 0 spiro atoms. The first-order chi connectivity index (χ1) is 9.56. The summed E-state index contributed by atoms with van der Waals surface area (Å²) in [5.74, 6) is 0. The largest absolute Gasteiger partial charge is 0.444 e. The molecule has 2 unspecified atom stereocenters. The van der Waals surface area contributed by atoms with Gasteiger partial charge in [0.2, 0.25) is 0 Å². The van der Waals surface area contributed by atoms with Crippen molar-refractivity contribution in [1.82, 2.24) is 0 Å². The lowest BCUT2D eigenvalue weighted by molar-refractivity contribution is 0.0899. The van der Waals surface area contributed by atoms with Gasteiger partial charge in [0.15, 0.2) is 0 Å². The molecule has 2 rings (SSSR count). The summed E-state index contributed by atoms with van der Waals surface area (Å²) in [5, 5.41) is 3.32. The first-order valence-electron chi connectivity index (χ1n) is 7.05. The molecule has 3 N–H and O–H groups in total. The van der Waals surface area contributed by atoms with Gasteiger partial charge < -0.3 is 10.5 Å². The molecule has 5 heteroatoms. The van der Waals surface area contributed by atoms with Crippen molar-refractivity contribution in [1.29, 1.82) is 0 Å². The van der Waals surface area contributed by atoms with Crippen molar-refractivity contribution in [3.63, 3.8) is 0 Å². The second-order valence-corrected chi connectivity index (χ2v) is 5.74. The SMILES string of the molecule is Cc1ccc(NC(=O)OC2CCCCCC2N)cc1Cl. The highest BCUT2D eigenvalue weighted by atomic mass is 35.5. The van der Waals surface area contributed by atoms with Crippen LogP contribution in [0.5, 0.6) is 0 Å². The molecule has 20 heavy (non-hydrogen) atoms. The average Bonchev–Trinajstić information content (AvgIpc) is 2.59. The van der Waals surface area contributed by atoms with Gasteiger partial charge in [0.25, 0.3) is 0 Å². The number of rotatable bonds is 2. The minimum absolute atomic E-state index is 0.0649. The van der Waals surface area contributed by atoms with Crippen LogP contribution in [-0.2, 0) is 4.74 Å². The van der Waals surface area contributed by atoms with Crippen LogP contribution in [0.3, 0.4) is 0 Å². The van der Waals surface area contributed by atoms with E-state index in [9.17, 15) is 4.79 Å². The number of amides is 1. The Labute approximate surface area is 124 Å². The molecule has 0 heterocycles. The van der Waals surface area contributed by atoms with E-state index in [-0.39, 0.29) is 12.1 Å². The van der Waals surface area contributed by atoms with E-state index in [1.54, 1.807) is 12.1 Å². The zero-order chi connectivity index (χ0) is 14.5. The van der Waals surface area contributed by atoms with Crippen LogP contribution in [0, 0.1) is 6.92 Å². The fraction of sp³-hybridized carbons (Fsp3) is 0.533. The van der Waals surface area contributed by atoms with Gasteiger partial charge >= 0.3 is 6.09 Å². The molecule has 0 aliphatic heterocycles. The van der Waals surface area contributed by atoms with Crippen LogP contribution in [-0.4, -0.2) is 18.2 Å². The molecule has 1 saturated carbocycles. The van der Waals surface area contributed by atoms with Crippen molar-refractivity contribution in [2.75, 3.05) is 5.32 Å². The number of ether oxygens (including phenoxy) is 1. The number of hydrogen-bond acceptors (Lipinski definition) is 3. The van der Waals surface area contributed by atoms with Crippen LogP contribution in [0.4, 0.5) is 10.5 Å². The summed E-state index contributed by atoms with van der Waals surface area (Å²) in [4.78, 5) is 11.9. The number of benzene rings is 1. The molecule has 0 saturated heterocycles. The lowest BCUT2D eigenvalue weighted by atomic mass is 10.1. The Morgan fingerprint density at radius 1 is 1.35 bits per heavy atom. The van der Waals surface area contributed by atoms with Gasteiger partial charge in [0.05, 0.1) is 0 Å². The van der Waals surface area contributed by atoms with Gasteiger partial charge in [-0.05, 0) is 43.9 Å². The molecule has 1 fully saturated rings. The summed E-state index contributed by atoms with van der Waals surface area (Å²) in [7, 11) is 0. The van der Waals surface area contributed by atoms with E-state index in [0.29, 0.717) is 10.7 Å². The Morgan fingerprint density at radius 3 is 2.85 bits per heavy atom. The van der Waals surface area contributed by atoms with Crippen molar-refractivity contribution in [3.05, 3.63) is 28.8 Å². The Morgan fingerprint density at radius 2 is 2.10 bits per heavy atom. The molecule has 1 aliphatic carbocycles. The molecule has 0 bridgehead atoms. The topological polar surface area (TPSA) is 64.3 Å². The van der Waals surface area contributed by atoms with Gasteiger partial charge in [0, 0.05) is 16.8 Å². The highest BCUT2D eigenvalue weighted by Gasteiger charge is 2.24. The molecule has 0 aromatic heterocycles. The van der Waals surface area contributed by atoms with E-state index in [1.165, 1.54) is 0 Å². The maximum atomic E-state index is 11.9. The van der Waals surface area contributed by atoms with E-state index >= 15 is 0 Å². The molecular formula is C15H21ClN2O2. The number of halogens is 1. The second-order valence-electron chi connectivity index (χ2n) is 5.33. The molecule has 1 aliphatic rings. The van der Waals surface area contributed by atoms with Crippen molar-refractivity contribution >= 4 is 23.4 Å². The predicted octanol–water partition coefficient (Wildman–Crippen LogP) is 3.86. The van der Waals surface area contributed by atoms with Crippen LogP contribution in [0.2, 0.25) is 5.02 Å². The van der Waals surface area contributed by atoms with Gasteiger partial charge in [-0.25, -0.2) is 4.79 Å². The van der Waals surface area contributed by atoms with Crippen molar-refractivity contribution < 1.29 is 9.53 Å². The molecule has 1 amide bonds. The quantitative estimate of drug-likeness (QED) is 0.815. The third-order valence-electron chi connectivity index (χ3n) is 3.68. The molecule has 4 nitrogen and oxygen atoms in total. The number of carbonyl (C=O) groups is 1. The van der Waals surface area contributed by atoms with E-state index < -0.39 is 6.09 Å². The minimum atomic E-state index is -0.465. The van der Waals surface area contributed by atoms with E-state index in [2.05, 4.69) is 5.32 Å². The molecule has 0 radical (unpaired) electrons. The number of aryl methyl sites for hydroxylation is 1. The number of carbonyl (C=O) groups excluding carboxylic acids is 1. The van der Waals surface area contributed by atoms with Gasteiger partial charge in [-0.3, -0.25) is 5.32 Å². The van der Waals surface area contributed by atoms with Crippen LogP contribution >= 0.6 is 11.6 Å². The predicted molar refractivity (Wildman–Crippen MR) is 81.1 cm³/mol. The summed E-state index contributed by atoms with van der Waals surface area (Å²) < 4.78 is 5.44. The van der Waals surface area contributed by atoms with Crippen molar-refractivity contribution in [3.8, 4) is 0 Å². The molecule has 1 aromatic rings. The van der Waals surface area contributed by atoms with Gasteiger partial charge in [-0.2, -0.15) is 0 Å². The monoisotopic (exact) mass is 296 g/mol. The lowest BCUT2D eigenvalue weighted by Gasteiger charge is -2.21. The molecular weight excluding hydrogens is 276 g/mol. The highest BCUT2D eigenvalue weighted by Crippen LogP contribution is 2.22. The van der Waals surface area contributed by atoms with Crippen LogP contribution in [0.25, 0.3) is 0 Å². The van der Waals surface area contributed by atoms with Crippen LogP contribution in [0.15, 0.2) is 18.2 Å². The van der Waals surface area contributed by atoms with Crippen molar-refractivity contribution in [2.24, 2.45) is 5.73 Å². The van der Waals surface area contributed by atoms with Gasteiger partial charge in [-0.15, -0.1) is 0 Å². The van der Waals surface area contributed by atoms with Crippen molar-refractivity contribution in [2.45, 2.75) is 51.2 Å². The summed E-state index contributed by atoms with van der Waals surface area (Å²) in [6, 6.07) is 5.31. The van der Waals surface area contributed by atoms with E-state index in [4.69, 9.17) is 22.1 Å². The highest BCUT2D eigenvalue weighted by molar-refractivity contribution is 6.31. The Kier molecular flexibility index (Phi) is 5.26. The Balaban J connectivity index is 1.92. The lowest BCUT2D eigenvalue weighted by Crippen LogP contribution is -2.38. The average molecular weight is 297 g/mol. The standard InChI is InChI=1S/C15H21ClN2O2/c1-10-7-8-11(9-12(10)16)18-15(19)20-14-6-4-2-3-5-13(14)17/h7-9,13-14H,2-6,17H2,1H3,(H,18,19). The zero-order valence-electron chi connectivity index (χ0n) is 11.7. The summed E-state index contributed by atoms with van der Waals surface area (Å²) in [6.45, 7) is 1.91. The Hall–Kier alpha value is -1.26. The normalized spacial score (nSPS) is 22.9. The summed E-state index contributed by atoms with van der Waals surface area (Å²) >= 11 is 6.02. The number of nitrogens with two attached hydrogens (primary N) is 1. The van der Waals surface area contributed by atoms with E-state index in [0.717, 1.165) is 37.7 Å². The third kappa shape index (κ3) is 4.12. The number of nitrogens with one attached hydrogen (secondary N) is 1. The molecule has 2 atom stereocenters. The fourth-order valence-electron chi connectivity index (χ4n) is 2.40. The Bertz CT molecular complexity index is 479. The van der Waals surface area contributed by atoms with Crippen LogP contribution in [0.1, 0.15) is 37.7 Å². The van der Waals surface area contributed by atoms with Gasteiger partial charge in [-0.1, -0.05) is 30.5 Å².